The highest BCUT2D eigenvalue weighted by Crippen LogP contribution is 2.21. The molecule has 0 aromatic carbocycles. The molecule has 0 aromatic heterocycles. The molecule has 0 saturated carbocycles. The molecule has 0 saturated heterocycles. The largest absolute Gasteiger partial charge is 0.353 e. The summed E-state index contributed by atoms with van der Waals surface area (Å²) in [6.45, 7) is 18.7. The van der Waals surface area contributed by atoms with Crippen molar-refractivity contribution in [3.05, 3.63) is 24.3 Å². The number of unbranched alkanes of at least 4 members (excludes halogenated alkanes) is 56. The molecule has 7 nitrogen and oxygen atoms in total. The van der Waals surface area contributed by atoms with E-state index in [2.05, 4.69) is 65.8 Å². The van der Waals surface area contributed by atoms with E-state index < -0.39 is 12.6 Å². The summed E-state index contributed by atoms with van der Waals surface area (Å²) in [5, 5.41) is 0. The Labute approximate surface area is 584 Å². The van der Waals surface area contributed by atoms with Crippen LogP contribution in [0.3, 0.4) is 0 Å². The van der Waals surface area contributed by atoms with Crippen molar-refractivity contribution in [1.29, 1.82) is 0 Å². The maximum absolute atomic E-state index is 6.75. The van der Waals surface area contributed by atoms with E-state index in [0.29, 0.717) is 0 Å². The number of rotatable bonds is 84. The maximum atomic E-state index is 6.75. The summed E-state index contributed by atoms with van der Waals surface area (Å²) in [4.78, 5) is 0. The summed E-state index contributed by atoms with van der Waals surface area (Å²) in [5.41, 5.74) is 0. The van der Waals surface area contributed by atoms with Crippen LogP contribution in [-0.4, -0.2) is 64.8 Å². The Morgan fingerprint density at radius 1 is 0.183 bits per heavy atom. The molecular weight excluding hydrogens is 1140 g/mol. The number of hydrogen-bond acceptors (Lipinski definition) is 7. The molecule has 0 aliphatic rings. The zero-order valence-electron chi connectivity index (χ0n) is 64.4. The molecule has 0 spiro atoms. The lowest BCUT2D eigenvalue weighted by molar-refractivity contribution is -0.208. The highest BCUT2D eigenvalue weighted by molar-refractivity contribution is 4.90. The van der Waals surface area contributed by atoms with Crippen molar-refractivity contribution in [2.45, 2.75) is 490 Å². The summed E-state index contributed by atoms with van der Waals surface area (Å²) in [5.74, 6) is 0. The highest BCUT2D eigenvalue weighted by Gasteiger charge is 2.15. The second kappa shape index (κ2) is 83.6. The molecule has 0 amide bonds. The van der Waals surface area contributed by atoms with Gasteiger partial charge in [0, 0.05) is 26.4 Å². The van der Waals surface area contributed by atoms with Crippen LogP contribution in [0.1, 0.15) is 465 Å². The van der Waals surface area contributed by atoms with Gasteiger partial charge in [0.1, 0.15) is 0 Å². The van der Waals surface area contributed by atoms with Gasteiger partial charge in [-0.2, -0.15) is 0 Å². The van der Waals surface area contributed by atoms with Gasteiger partial charge in [0.25, 0.3) is 0 Å². The van der Waals surface area contributed by atoms with E-state index >= 15 is 0 Å². The van der Waals surface area contributed by atoms with Crippen molar-refractivity contribution in [3.8, 4) is 0 Å². The van der Waals surface area contributed by atoms with Crippen molar-refractivity contribution >= 4 is 0 Å². The van der Waals surface area contributed by atoms with Gasteiger partial charge in [0.05, 0.1) is 13.2 Å². The van der Waals surface area contributed by atoms with E-state index in [1.54, 1.807) is 0 Å². The number of ether oxygens (including phenoxy) is 7. The van der Waals surface area contributed by atoms with Crippen LogP contribution in [0.25, 0.3) is 0 Å². The first kappa shape index (κ1) is 92.2. The Balaban J connectivity index is 5.25. The van der Waals surface area contributed by atoms with Gasteiger partial charge in [-0.05, 0) is 102 Å². The third kappa shape index (κ3) is 76.8. The molecule has 93 heavy (non-hydrogen) atoms. The second-order valence-corrected chi connectivity index (χ2v) is 28.8. The molecule has 0 bridgehead atoms. The normalized spacial score (nSPS) is 12.8. The minimum Gasteiger partial charge on any atom is -0.353 e. The molecule has 0 aliphatic carbocycles. The van der Waals surface area contributed by atoms with Crippen LogP contribution >= 0.6 is 0 Å². The molecule has 0 aromatic rings. The summed E-state index contributed by atoms with van der Waals surface area (Å²) in [6.07, 6.45) is 93.7. The van der Waals surface area contributed by atoms with E-state index in [4.69, 9.17) is 33.2 Å². The minimum atomic E-state index is -0.390. The molecule has 0 N–H and O–H groups in total. The maximum Gasteiger partial charge on any atom is 0.180 e. The quantitative estimate of drug-likeness (QED) is 0.0341. The average molecular weight is 1320 g/mol. The molecule has 2 atom stereocenters. The van der Waals surface area contributed by atoms with E-state index in [0.717, 1.165) is 78.2 Å². The third-order valence-electron chi connectivity index (χ3n) is 19.2. The zero-order chi connectivity index (χ0) is 67.0. The van der Waals surface area contributed by atoms with Crippen molar-refractivity contribution in [2.75, 3.05) is 39.6 Å². The van der Waals surface area contributed by atoms with Crippen LogP contribution in [0.15, 0.2) is 24.3 Å². The van der Waals surface area contributed by atoms with Gasteiger partial charge in [-0.25, -0.2) is 0 Å². The zero-order valence-corrected chi connectivity index (χ0v) is 64.4. The van der Waals surface area contributed by atoms with Gasteiger partial charge in [-0.1, -0.05) is 388 Å². The molecule has 2 unspecified atom stereocenters. The first-order valence-corrected chi connectivity index (χ1v) is 42.8. The van der Waals surface area contributed by atoms with E-state index in [1.165, 1.54) is 385 Å². The van der Waals surface area contributed by atoms with Crippen molar-refractivity contribution in [2.24, 2.45) is 0 Å². The summed E-state index contributed by atoms with van der Waals surface area (Å²) < 4.78 is 45.4. The van der Waals surface area contributed by atoms with Gasteiger partial charge in [0.15, 0.2) is 25.2 Å². The van der Waals surface area contributed by atoms with Gasteiger partial charge in [-0.15, -0.1) is 0 Å². The summed E-state index contributed by atoms with van der Waals surface area (Å²) in [7, 11) is 0. The Kier molecular flexibility index (Phi) is 82.9. The van der Waals surface area contributed by atoms with Crippen molar-refractivity contribution in [1.82, 2.24) is 0 Å². The Morgan fingerprint density at radius 3 is 0.570 bits per heavy atom. The Hall–Kier alpha value is -0.800. The fourth-order valence-electron chi connectivity index (χ4n) is 12.8. The van der Waals surface area contributed by atoms with E-state index in [9.17, 15) is 0 Å². The van der Waals surface area contributed by atoms with Gasteiger partial charge >= 0.3 is 0 Å². The first-order chi connectivity index (χ1) is 46.1. The SMILES string of the molecule is CCCCCCCCCCOC(C=CCCCCCCCCCC(OCCCCCCCCCC)OCCCCCCCCCC)OC(C=CCCCCCCCCCC(OCCCCCCCCCC)OCCCCCCCCCC)OCCCCCCCCCC. The van der Waals surface area contributed by atoms with Crippen LogP contribution < -0.4 is 0 Å². The Bertz CT molecular complexity index is 1230. The van der Waals surface area contributed by atoms with Crippen molar-refractivity contribution < 1.29 is 33.2 Å². The van der Waals surface area contributed by atoms with Gasteiger partial charge in [-0.3, -0.25) is 0 Å². The Morgan fingerprint density at radius 2 is 0.355 bits per heavy atom. The molecule has 0 radical (unpaired) electrons. The molecule has 0 rings (SSSR count). The fraction of sp³-hybridized carbons (Fsp3) is 0.953. The average Bonchev–Trinajstić information content (AvgIpc) is 3.61. The molecule has 556 valence electrons. The predicted octanol–water partition coefficient (Wildman–Crippen LogP) is 29.4. The first-order valence-electron chi connectivity index (χ1n) is 42.8. The minimum absolute atomic E-state index is 0.0218. The van der Waals surface area contributed by atoms with Crippen LogP contribution in [0.4, 0.5) is 0 Å². The molecule has 7 heteroatoms. The van der Waals surface area contributed by atoms with Crippen molar-refractivity contribution in [3.63, 3.8) is 0 Å². The molecule has 0 heterocycles. The summed E-state index contributed by atoms with van der Waals surface area (Å²) >= 11 is 0. The van der Waals surface area contributed by atoms with E-state index in [-0.39, 0.29) is 12.6 Å². The molecule has 0 fully saturated rings. The second-order valence-electron chi connectivity index (χ2n) is 28.8. The molecule has 0 aliphatic heterocycles. The monoisotopic (exact) mass is 1320 g/mol. The lowest BCUT2D eigenvalue weighted by Crippen LogP contribution is -2.25. The van der Waals surface area contributed by atoms with Crippen LogP contribution in [0.2, 0.25) is 0 Å². The van der Waals surface area contributed by atoms with Gasteiger partial charge in [0.2, 0.25) is 0 Å². The number of hydrogen-bond donors (Lipinski definition) is 0. The van der Waals surface area contributed by atoms with Crippen LogP contribution in [0, 0.1) is 0 Å². The predicted molar refractivity (Wildman–Crippen MR) is 409 cm³/mol. The third-order valence-corrected chi connectivity index (χ3v) is 19.2. The fourth-order valence-corrected chi connectivity index (χ4v) is 12.8. The summed E-state index contributed by atoms with van der Waals surface area (Å²) in [6, 6.07) is 0. The van der Waals surface area contributed by atoms with Crippen LogP contribution in [-0.2, 0) is 33.2 Å². The van der Waals surface area contributed by atoms with Gasteiger partial charge < -0.3 is 33.2 Å². The number of allylic oxidation sites excluding steroid dienone is 2. The van der Waals surface area contributed by atoms with E-state index in [1.807, 2.05) is 0 Å². The highest BCUT2D eigenvalue weighted by atomic mass is 16.8. The topological polar surface area (TPSA) is 64.6 Å². The lowest BCUT2D eigenvalue weighted by atomic mass is 10.1. The molecular formula is C86H170O7. The lowest BCUT2D eigenvalue weighted by Gasteiger charge is -2.22. The standard InChI is InChI=1S/C86H170O7/c1-7-13-19-25-31-47-57-67-77-87-83(88-78-68-58-48-32-26-20-14-8-2)73-63-53-43-39-37-41-45-55-65-75-85(91-81-71-61-51-35-29-23-17-11-5)93-86(92-82-72-62-52-36-30-24-18-12-6)76-66-56-46-42-38-40-44-54-64-74-84(89-79-69-59-49-33-27-21-15-9-3)90-80-70-60-50-34-28-22-16-10-4/h65-66,75-76,83-86H,7-64,67-74,77-82H2,1-6H3. The smallest absolute Gasteiger partial charge is 0.180 e. The van der Waals surface area contributed by atoms with Crippen LogP contribution in [0.5, 0.6) is 0 Å².